The second kappa shape index (κ2) is 6.12. The Morgan fingerprint density at radius 1 is 1.29 bits per heavy atom. The van der Waals surface area contributed by atoms with Crippen molar-refractivity contribution in [3.05, 3.63) is 12.2 Å². The molecule has 0 aromatic carbocycles. The SMILES string of the molecule is CC(C)CCC(=O)C1(C(=O)/C=C/[C@@H](C)I)CC1. The summed E-state index contributed by atoms with van der Waals surface area (Å²) in [5.74, 6) is 0.700. The van der Waals surface area contributed by atoms with Crippen LogP contribution in [0, 0.1) is 11.3 Å². The minimum Gasteiger partial charge on any atom is -0.299 e. The summed E-state index contributed by atoms with van der Waals surface area (Å²) < 4.78 is 0.332. The zero-order valence-corrected chi connectivity index (χ0v) is 13.0. The van der Waals surface area contributed by atoms with Gasteiger partial charge in [0.1, 0.15) is 5.78 Å². The van der Waals surface area contributed by atoms with E-state index in [1.807, 2.05) is 13.0 Å². The van der Waals surface area contributed by atoms with E-state index in [0.29, 0.717) is 16.3 Å². The summed E-state index contributed by atoms with van der Waals surface area (Å²) in [5.41, 5.74) is -0.628. The second-order valence-electron chi connectivity index (χ2n) is 5.34. The predicted octanol–water partition coefficient (Wildman–Crippen LogP) is 3.72. The van der Waals surface area contributed by atoms with Gasteiger partial charge in [-0.15, -0.1) is 0 Å². The van der Waals surface area contributed by atoms with Crippen molar-refractivity contribution in [2.75, 3.05) is 0 Å². The minimum absolute atomic E-state index is 0.0229. The maximum atomic E-state index is 12.1. The average Bonchev–Trinajstić information content (AvgIpc) is 3.03. The first-order chi connectivity index (χ1) is 7.88. The largest absolute Gasteiger partial charge is 0.299 e. The number of alkyl halides is 1. The van der Waals surface area contributed by atoms with E-state index in [4.69, 9.17) is 0 Å². The number of carbonyl (C=O) groups excluding carboxylic acids is 2. The van der Waals surface area contributed by atoms with Gasteiger partial charge in [0.25, 0.3) is 0 Å². The number of hydrogen-bond acceptors (Lipinski definition) is 2. The van der Waals surface area contributed by atoms with Crippen molar-refractivity contribution in [2.45, 2.75) is 50.4 Å². The first-order valence-electron chi connectivity index (χ1n) is 6.28. The number of hydrogen-bond donors (Lipinski definition) is 0. The van der Waals surface area contributed by atoms with Crippen LogP contribution in [-0.2, 0) is 9.59 Å². The molecule has 17 heavy (non-hydrogen) atoms. The Kier molecular flexibility index (Phi) is 5.35. The highest BCUT2D eigenvalue weighted by Crippen LogP contribution is 2.48. The lowest BCUT2D eigenvalue weighted by atomic mass is 9.90. The van der Waals surface area contributed by atoms with Gasteiger partial charge in [-0.05, 0) is 38.2 Å². The first-order valence-corrected chi connectivity index (χ1v) is 7.53. The van der Waals surface area contributed by atoms with Gasteiger partial charge in [0.15, 0.2) is 5.78 Å². The lowest BCUT2D eigenvalue weighted by Crippen LogP contribution is -2.24. The van der Waals surface area contributed by atoms with Crippen molar-refractivity contribution in [1.29, 1.82) is 0 Å². The molecule has 1 aliphatic rings. The molecule has 0 aliphatic heterocycles. The van der Waals surface area contributed by atoms with Gasteiger partial charge in [-0.1, -0.05) is 42.5 Å². The normalized spacial score (nSPS) is 19.6. The number of Topliss-reactive ketones (excluding diaryl/α,β-unsaturated/α-hetero) is 1. The number of halogens is 1. The molecule has 1 aliphatic carbocycles. The first kappa shape index (κ1) is 14.9. The van der Waals surface area contributed by atoms with Crippen LogP contribution in [0.25, 0.3) is 0 Å². The molecule has 0 heterocycles. The molecule has 0 spiro atoms. The van der Waals surface area contributed by atoms with E-state index in [1.165, 1.54) is 0 Å². The van der Waals surface area contributed by atoms with E-state index in [2.05, 4.69) is 36.4 Å². The van der Waals surface area contributed by atoms with Gasteiger partial charge in [-0.25, -0.2) is 0 Å². The molecule has 2 nitrogen and oxygen atoms in total. The minimum atomic E-state index is -0.628. The number of ketones is 2. The summed E-state index contributed by atoms with van der Waals surface area (Å²) in [6.45, 7) is 6.23. The van der Waals surface area contributed by atoms with Crippen LogP contribution in [0.5, 0.6) is 0 Å². The van der Waals surface area contributed by atoms with Crippen LogP contribution in [0.1, 0.15) is 46.5 Å². The summed E-state index contributed by atoms with van der Waals surface area (Å²) in [4.78, 5) is 24.1. The van der Waals surface area contributed by atoms with Crippen LogP contribution < -0.4 is 0 Å². The maximum absolute atomic E-state index is 12.1. The van der Waals surface area contributed by atoms with Gasteiger partial charge < -0.3 is 0 Å². The summed E-state index contributed by atoms with van der Waals surface area (Å²) >= 11 is 2.24. The van der Waals surface area contributed by atoms with Crippen LogP contribution in [-0.4, -0.2) is 15.5 Å². The summed E-state index contributed by atoms with van der Waals surface area (Å²) in [6, 6.07) is 0. The maximum Gasteiger partial charge on any atom is 0.168 e. The summed E-state index contributed by atoms with van der Waals surface area (Å²) in [5, 5.41) is 0. The molecule has 0 amide bonds. The molecule has 0 radical (unpaired) electrons. The summed E-state index contributed by atoms with van der Waals surface area (Å²) in [7, 11) is 0. The predicted molar refractivity (Wildman–Crippen MR) is 78.4 cm³/mol. The molecule has 3 heteroatoms. The zero-order valence-electron chi connectivity index (χ0n) is 10.8. The Morgan fingerprint density at radius 2 is 1.88 bits per heavy atom. The van der Waals surface area contributed by atoms with Gasteiger partial charge in [-0.3, -0.25) is 9.59 Å². The van der Waals surface area contributed by atoms with Crippen LogP contribution in [0.15, 0.2) is 12.2 Å². The van der Waals surface area contributed by atoms with E-state index >= 15 is 0 Å². The van der Waals surface area contributed by atoms with Gasteiger partial charge in [0.05, 0.1) is 5.41 Å². The topological polar surface area (TPSA) is 34.1 Å². The molecule has 0 aromatic heterocycles. The lowest BCUT2D eigenvalue weighted by molar-refractivity contribution is -0.132. The van der Waals surface area contributed by atoms with E-state index in [0.717, 1.165) is 19.3 Å². The molecule has 1 rings (SSSR count). The van der Waals surface area contributed by atoms with Crippen LogP contribution >= 0.6 is 22.6 Å². The van der Waals surface area contributed by atoms with E-state index < -0.39 is 5.41 Å². The van der Waals surface area contributed by atoms with E-state index in [1.54, 1.807) is 6.08 Å². The Bertz CT molecular complexity index is 325. The van der Waals surface area contributed by atoms with Crippen LogP contribution in [0.3, 0.4) is 0 Å². The molecular weight excluding hydrogens is 327 g/mol. The highest BCUT2D eigenvalue weighted by Gasteiger charge is 2.53. The lowest BCUT2D eigenvalue weighted by Gasteiger charge is -2.11. The Balaban J connectivity index is 2.56. The zero-order chi connectivity index (χ0) is 13.1. The fourth-order valence-corrected chi connectivity index (χ4v) is 2.03. The van der Waals surface area contributed by atoms with E-state index in [9.17, 15) is 9.59 Å². The molecule has 0 saturated heterocycles. The monoisotopic (exact) mass is 348 g/mol. The fraction of sp³-hybridized carbons (Fsp3) is 0.714. The Morgan fingerprint density at radius 3 is 2.29 bits per heavy atom. The molecule has 0 aromatic rings. The standard InChI is InChI=1S/C14H21IO2/c1-10(2)4-6-12(16)14(8-9-14)13(17)7-5-11(3)15/h5,7,10-11H,4,6,8-9H2,1-3H3/b7-5+/t11-/m1/s1. The second-order valence-corrected chi connectivity index (χ2v) is 7.30. The molecule has 0 bridgehead atoms. The molecule has 0 N–H and O–H groups in total. The fourth-order valence-electron chi connectivity index (χ4n) is 1.83. The van der Waals surface area contributed by atoms with Crippen molar-refractivity contribution in [1.82, 2.24) is 0 Å². The molecule has 1 saturated carbocycles. The van der Waals surface area contributed by atoms with Crippen LogP contribution in [0.2, 0.25) is 0 Å². The molecule has 0 unspecified atom stereocenters. The van der Waals surface area contributed by atoms with Crippen molar-refractivity contribution in [3.63, 3.8) is 0 Å². The molecule has 1 atom stereocenters. The van der Waals surface area contributed by atoms with Crippen molar-refractivity contribution in [2.24, 2.45) is 11.3 Å². The Labute approximate surface area is 117 Å². The Hall–Kier alpha value is -0.190. The summed E-state index contributed by atoms with van der Waals surface area (Å²) in [6.07, 6.45) is 6.43. The molecular formula is C14H21IO2. The highest BCUT2D eigenvalue weighted by atomic mass is 127. The van der Waals surface area contributed by atoms with Crippen molar-refractivity contribution < 1.29 is 9.59 Å². The molecule has 1 fully saturated rings. The van der Waals surface area contributed by atoms with E-state index in [-0.39, 0.29) is 11.6 Å². The third-order valence-corrected chi connectivity index (χ3v) is 3.63. The smallest absolute Gasteiger partial charge is 0.168 e. The van der Waals surface area contributed by atoms with Gasteiger partial charge in [0.2, 0.25) is 0 Å². The average molecular weight is 348 g/mol. The van der Waals surface area contributed by atoms with Crippen LogP contribution in [0.4, 0.5) is 0 Å². The third-order valence-electron chi connectivity index (χ3n) is 3.22. The van der Waals surface area contributed by atoms with Gasteiger partial charge in [0, 0.05) is 10.3 Å². The quantitative estimate of drug-likeness (QED) is 0.304. The third kappa shape index (κ3) is 4.19. The van der Waals surface area contributed by atoms with Gasteiger partial charge in [-0.2, -0.15) is 0 Å². The van der Waals surface area contributed by atoms with Gasteiger partial charge >= 0.3 is 0 Å². The van der Waals surface area contributed by atoms with Crippen molar-refractivity contribution in [3.8, 4) is 0 Å². The number of rotatable bonds is 7. The molecule has 96 valence electrons. The van der Waals surface area contributed by atoms with Crippen molar-refractivity contribution >= 4 is 34.2 Å². The number of carbonyl (C=O) groups is 2. The highest BCUT2D eigenvalue weighted by molar-refractivity contribution is 14.1. The number of allylic oxidation sites excluding steroid dienone is 2.